The van der Waals surface area contributed by atoms with Gasteiger partial charge in [-0.05, 0) is 25.7 Å². The van der Waals surface area contributed by atoms with Crippen LogP contribution in [0.1, 0.15) is 36.0 Å². The second-order valence-electron chi connectivity index (χ2n) is 5.71. The van der Waals surface area contributed by atoms with Crippen molar-refractivity contribution in [1.29, 1.82) is 0 Å². The topological polar surface area (TPSA) is 84.2 Å². The van der Waals surface area contributed by atoms with Gasteiger partial charge in [0.2, 0.25) is 0 Å². The maximum atomic E-state index is 12.2. The molecule has 116 valence electrons. The summed E-state index contributed by atoms with van der Waals surface area (Å²) in [7, 11) is 0. The van der Waals surface area contributed by atoms with Gasteiger partial charge >= 0.3 is 0 Å². The fourth-order valence-corrected chi connectivity index (χ4v) is 2.49. The quantitative estimate of drug-likeness (QED) is 0.936. The van der Waals surface area contributed by atoms with Crippen molar-refractivity contribution < 1.29 is 9.32 Å². The van der Waals surface area contributed by atoms with Gasteiger partial charge in [-0.25, -0.2) is 9.97 Å². The average molecular weight is 301 g/mol. The minimum Gasteiger partial charge on any atom is -0.360 e. The number of carbonyl (C=O) groups excluding carboxylic acids is 1. The first-order valence-corrected chi connectivity index (χ1v) is 7.43. The molecule has 2 aromatic rings. The van der Waals surface area contributed by atoms with E-state index in [1.807, 2.05) is 0 Å². The first-order valence-electron chi connectivity index (χ1n) is 7.43. The van der Waals surface area contributed by atoms with E-state index in [0.717, 1.165) is 37.7 Å². The van der Waals surface area contributed by atoms with Crippen LogP contribution < -0.4 is 10.2 Å². The lowest BCUT2D eigenvalue weighted by Gasteiger charge is -2.31. The predicted octanol–water partition coefficient (Wildman–Crippen LogP) is 2.26. The van der Waals surface area contributed by atoms with Crippen LogP contribution in [0.3, 0.4) is 0 Å². The van der Waals surface area contributed by atoms with E-state index in [4.69, 9.17) is 4.52 Å². The molecule has 22 heavy (non-hydrogen) atoms. The van der Waals surface area contributed by atoms with E-state index in [1.165, 1.54) is 6.33 Å². The molecule has 1 aliphatic rings. The second kappa shape index (κ2) is 6.13. The fourth-order valence-electron chi connectivity index (χ4n) is 2.49. The zero-order chi connectivity index (χ0) is 15.5. The molecule has 0 bridgehead atoms. The van der Waals surface area contributed by atoms with Gasteiger partial charge in [-0.2, -0.15) is 0 Å². The van der Waals surface area contributed by atoms with Gasteiger partial charge < -0.3 is 14.7 Å². The molecular formula is C15H19N5O2. The molecule has 1 N–H and O–H groups in total. The third kappa shape index (κ3) is 3.24. The number of carbonyl (C=O) groups is 1. The molecule has 0 unspecified atom stereocenters. The van der Waals surface area contributed by atoms with E-state index in [0.29, 0.717) is 17.3 Å². The average Bonchev–Trinajstić information content (AvgIpc) is 2.93. The van der Waals surface area contributed by atoms with Gasteiger partial charge in [-0.3, -0.25) is 4.79 Å². The number of piperidine rings is 1. The molecule has 2 aromatic heterocycles. The van der Waals surface area contributed by atoms with E-state index in [2.05, 4.69) is 32.3 Å². The number of amides is 1. The van der Waals surface area contributed by atoms with E-state index in [1.54, 1.807) is 19.1 Å². The highest BCUT2D eigenvalue weighted by atomic mass is 16.5. The summed E-state index contributed by atoms with van der Waals surface area (Å²) in [5, 5.41) is 6.40. The molecular weight excluding hydrogens is 282 g/mol. The highest BCUT2D eigenvalue weighted by Gasteiger charge is 2.19. The maximum Gasteiger partial charge on any atom is 0.275 e. The number of aryl methyl sites for hydroxylation is 1. The highest BCUT2D eigenvalue weighted by Crippen LogP contribution is 2.21. The number of hydrogen-bond donors (Lipinski definition) is 1. The van der Waals surface area contributed by atoms with Crippen molar-refractivity contribution in [2.75, 3.05) is 23.3 Å². The van der Waals surface area contributed by atoms with Crippen molar-refractivity contribution in [2.24, 2.45) is 5.92 Å². The van der Waals surface area contributed by atoms with Crippen LogP contribution in [0.15, 0.2) is 23.0 Å². The minimum absolute atomic E-state index is 0.317. The van der Waals surface area contributed by atoms with Crippen molar-refractivity contribution in [1.82, 2.24) is 15.1 Å². The molecule has 0 atom stereocenters. The lowest BCUT2D eigenvalue weighted by atomic mass is 9.99. The van der Waals surface area contributed by atoms with E-state index < -0.39 is 0 Å². The van der Waals surface area contributed by atoms with Crippen LogP contribution in [0.4, 0.5) is 11.6 Å². The number of anilines is 2. The lowest BCUT2D eigenvalue weighted by Crippen LogP contribution is -2.33. The molecule has 1 aliphatic heterocycles. The normalized spacial score (nSPS) is 15.8. The molecule has 0 aliphatic carbocycles. The third-order valence-corrected chi connectivity index (χ3v) is 3.86. The summed E-state index contributed by atoms with van der Waals surface area (Å²) in [5.74, 6) is 2.25. The molecule has 1 fully saturated rings. The van der Waals surface area contributed by atoms with Crippen LogP contribution >= 0.6 is 0 Å². The van der Waals surface area contributed by atoms with Crippen LogP contribution in [0.25, 0.3) is 0 Å². The third-order valence-electron chi connectivity index (χ3n) is 3.86. The van der Waals surface area contributed by atoms with Crippen molar-refractivity contribution in [3.8, 4) is 0 Å². The molecule has 1 saturated heterocycles. The summed E-state index contributed by atoms with van der Waals surface area (Å²) in [6, 6.07) is 3.38. The summed E-state index contributed by atoms with van der Waals surface area (Å²) in [6.45, 7) is 5.95. The lowest BCUT2D eigenvalue weighted by molar-refractivity contribution is 0.102. The van der Waals surface area contributed by atoms with E-state index >= 15 is 0 Å². The van der Waals surface area contributed by atoms with Crippen molar-refractivity contribution >= 4 is 17.5 Å². The van der Waals surface area contributed by atoms with Crippen LogP contribution in [-0.2, 0) is 0 Å². The Morgan fingerprint density at radius 3 is 2.77 bits per heavy atom. The Bertz CT molecular complexity index is 661. The molecule has 0 radical (unpaired) electrons. The van der Waals surface area contributed by atoms with E-state index in [9.17, 15) is 4.79 Å². The monoisotopic (exact) mass is 301 g/mol. The van der Waals surface area contributed by atoms with Crippen molar-refractivity contribution in [2.45, 2.75) is 26.7 Å². The first kappa shape index (κ1) is 14.5. The molecule has 3 rings (SSSR count). The van der Waals surface area contributed by atoms with Gasteiger partial charge in [0.05, 0.1) is 0 Å². The highest BCUT2D eigenvalue weighted by molar-refractivity contribution is 6.02. The smallest absolute Gasteiger partial charge is 0.275 e. The van der Waals surface area contributed by atoms with Crippen LogP contribution in [0.2, 0.25) is 0 Å². The molecule has 3 heterocycles. The number of nitrogens with zero attached hydrogens (tertiary/aromatic N) is 4. The van der Waals surface area contributed by atoms with E-state index in [-0.39, 0.29) is 5.91 Å². The zero-order valence-electron chi connectivity index (χ0n) is 12.7. The zero-order valence-corrected chi connectivity index (χ0v) is 12.7. The van der Waals surface area contributed by atoms with Crippen LogP contribution in [0, 0.1) is 12.8 Å². The molecule has 0 aromatic carbocycles. The summed E-state index contributed by atoms with van der Waals surface area (Å²) in [4.78, 5) is 22.7. The molecule has 7 heteroatoms. The van der Waals surface area contributed by atoms with Crippen molar-refractivity contribution in [3.05, 3.63) is 29.9 Å². The Morgan fingerprint density at radius 1 is 1.32 bits per heavy atom. The minimum atomic E-state index is -0.317. The summed E-state index contributed by atoms with van der Waals surface area (Å²) >= 11 is 0. The summed E-state index contributed by atoms with van der Waals surface area (Å²) in [5.41, 5.74) is 0.323. The van der Waals surface area contributed by atoms with Gasteiger partial charge in [-0.1, -0.05) is 12.1 Å². The Hall–Kier alpha value is -2.44. The van der Waals surface area contributed by atoms with Crippen LogP contribution in [0.5, 0.6) is 0 Å². The van der Waals surface area contributed by atoms with Gasteiger partial charge in [0.1, 0.15) is 23.6 Å². The number of aromatic nitrogens is 3. The first-order chi connectivity index (χ1) is 10.6. The largest absolute Gasteiger partial charge is 0.360 e. The van der Waals surface area contributed by atoms with Gasteiger partial charge in [0.15, 0.2) is 5.82 Å². The molecule has 1 amide bonds. The Morgan fingerprint density at radius 2 is 2.09 bits per heavy atom. The maximum absolute atomic E-state index is 12.2. The summed E-state index contributed by atoms with van der Waals surface area (Å²) in [6.07, 6.45) is 3.71. The van der Waals surface area contributed by atoms with Gasteiger partial charge in [0.25, 0.3) is 5.91 Å². The molecule has 0 spiro atoms. The Labute approximate surface area is 128 Å². The Balaban J connectivity index is 1.71. The SMILES string of the molecule is Cc1cc(NC(=O)c2cc(N3CCC(C)CC3)ncn2)no1. The standard InChI is InChI=1S/C15H19N5O2/c1-10-3-5-20(6-4-10)14-8-12(16-9-17-14)15(21)18-13-7-11(2)22-19-13/h7-10H,3-6H2,1-2H3,(H,18,19,21). The second-order valence-corrected chi connectivity index (χ2v) is 5.71. The summed E-state index contributed by atoms with van der Waals surface area (Å²) < 4.78 is 4.92. The molecule has 7 nitrogen and oxygen atoms in total. The van der Waals surface area contributed by atoms with Gasteiger partial charge in [-0.15, -0.1) is 0 Å². The number of rotatable bonds is 3. The van der Waals surface area contributed by atoms with Gasteiger partial charge in [0, 0.05) is 25.2 Å². The molecule has 0 saturated carbocycles. The predicted molar refractivity (Wildman–Crippen MR) is 81.8 cm³/mol. The fraction of sp³-hybridized carbons (Fsp3) is 0.467. The van der Waals surface area contributed by atoms with Crippen LogP contribution in [-0.4, -0.2) is 34.1 Å². The number of hydrogen-bond acceptors (Lipinski definition) is 6. The van der Waals surface area contributed by atoms with Crippen molar-refractivity contribution in [3.63, 3.8) is 0 Å². The number of nitrogens with one attached hydrogen (secondary N) is 1. The Kier molecular flexibility index (Phi) is 4.04.